The number of nitrogens with one attached hydrogen (secondary N) is 1. The number of aromatic nitrogens is 2. The van der Waals surface area contributed by atoms with Crippen LogP contribution in [-0.4, -0.2) is 38.9 Å². The molecule has 2 amide bonds. The fraction of sp³-hybridized carbons (Fsp3) is 0.421. The van der Waals surface area contributed by atoms with Gasteiger partial charge in [0.1, 0.15) is 0 Å². The topological polar surface area (TPSA) is 67.2 Å². The molecule has 1 aromatic heterocycles. The molecule has 0 unspecified atom stereocenters. The lowest BCUT2D eigenvalue weighted by Gasteiger charge is -2.24. The van der Waals surface area contributed by atoms with Gasteiger partial charge in [-0.2, -0.15) is 0 Å². The standard InChI is InChI=1S/C19H24N4O2/c1-2-6-15-7-3-4-9-17(15)21-18(24)19(25)23-11-5-8-16(23)13-22-12-10-20-14-22/h3-4,7,9-10,12,14,16H,2,5-6,8,11,13H2,1H3,(H,21,24)/t16-/m1/s1. The summed E-state index contributed by atoms with van der Waals surface area (Å²) in [6.07, 6.45) is 9.02. The average Bonchev–Trinajstić information content (AvgIpc) is 3.28. The number of para-hydroxylation sites is 1. The van der Waals surface area contributed by atoms with E-state index >= 15 is 0 Å². The van der Waals surface area contributed by atoms with Crippen molar-refractivity contribution in [3.05, 3.63) is 48.5 Å². The number of carbonyl (C=O) groups is 2. The number of likely N-dealkylation sites (tertiary alicyclic amines) is 1. The Kier molecular flexibility index (Phi) is 5.48. The largest absolute Gasteiger partial charge is 0.335 e. The van der Waals surface area contributed by atoms with E-state index in [2.05, 4.69) is 17.2 Å². The van der Waals surface area contributed by atoms with Crippen LogP contribution in [0.25, 0.3) is 0 Å². The van der Waals surface area contributed by atoms with Gasteiger partial charge in [-0.3, -0.25) is 9.59 Å². The summed E-state index contributed by atoms with van der Waals surface area (Å²) in [7, 11) is 0. The van der Waals surface area contributed by atoms with Gasteiger partial charge in [0.2, 0.25) is 0 Å². The number of carbonyl (C=O) groups excluding carboxylic acids is 2. The molecule has 0 saturated carbocycles. The number of nitrogens with zero attached hydrogens (tertiary/aromatic N) is 3. The fourth-order valence-electron chi connectivity index (χ4n) is 3.37. The summed E-state index contributed by atoms with van der Waals surface area (Å²) in [5, 5.41) is 2.80. The van der Waals surface area contributed by atoms with Crippen LogP contribution in [0, 0.1) is 0 Å². The summed E-state index contributed by atoms with van der Waals surface area (Å²) >= 11 is 0. The molecule has 6 nitrogen and oxygen atoms in total. The molecule has 1 fully saturated rings. The lowest BCUT2D eigenvalue weighted by Crippen LogP contribution is -2.44. The molecule has 2 aromatic rings. The monoisotopic (exact) mass is 340 g/mol. The molecule has 0 aliphatic carbocycles. The lowest BCUT2D eigenvalue weighted by molar-refractivity contribution is -0.143. The number of anilines is 1. The van der Waals surface area contributed by atoms with Gasteiger partial charge in [-0.15, -0.1) is 0 Å². The Morgan fingerprint density at radius 1 is 1.32 bits per heavy atom. The minimum absolute atomic E-state index is 0.0401. The fourth-order valence-corrected chi connectivity index (χ4v) is 3.37. The lowest BCUT2D eigenvalue weighted by atomic mass is 10.1. The Hall–Kier alpha value is -2.63. The van der Waals surface area contributed by atoms with Crippen molar-refractivity contribution in [2.24, 2.45) is 0 Å². The zero-order chi connectivity index (χ0) is 17.6. The first-order valence-corrected chi connectivity index (χ1v) is 8.84. The molecule has 6 heteroatoms. The van der Waals surface area contributed by atoms with Crippen LogP contribution in [0.4, 0.5) is 5.69 Å². The highest BCUT2D eigenvalue weighted by molar-refractivity contribution is 6.39. The van der Waals surface area contributed by atoms with Crippen molar-refractivity contribution in [2.75, 3.05) is 11.9 Å². The van der Waals surface area contributed by atoms with Gasteiger partial charge >= 0.3 is 11.8 Å². The molecule has 0 spiro atoms. The maximum absolute atomic E-state index is 12.6. The molecular formula is C19H24N4O2. The van der Waals surface area contributed by atoms with Gasteiger partial charge in [0.25, 0.3) is 0 Å². The van der Waals surface area contributed by atoms with Crippen molar-refractivity contribution in [2.45, 2.75) is 45.2 Å². The highest BCUT2D eigenvalue weighted by Gasteiger charge is 2.32. The molecule has 25 heavy (non-hydrogen) atoms. The minimum atomic E-state index is -0.555. The van der Waals surface area contributed by atoms with Crippen LogP contribution in [-0.2, 0) is 22.6 Å². The number of amides is 2. The van der Waals surface area contributed by atoms with E-state index in [0.717, 1.165) is 36.9 Å². The van der Waals surface area contributed by atoms with Gasteiger partial charge in [0, 0.05) is 31.2 Å². The zero-order valence-corrected chi connectivity index (χ0v) is 14.5. The summed E-state index contributed by atoms with van der Waals surface area (Å²) < 4.78 is 1.95. The second kappa shape index (κ2) is 7.96. The Morgan fingerprint density at radius 2 is 2.16 bits per heavy atom. The maximum atomic E-state index is 12.6. The first kappa shape index (κ1) is 17.2. The van der Waals surface area contributed by atoms with Gasteiger partial charge < -0.3 is 14.8 Å². The van der Waals surface area contributed by atoms with Crippen LogP contribution < -0.4 is 5.32 Å². The quantitative estimate of drug-likeness (QED) is 0.850. The third-order valence-corrected chi connectivity index (χ3v) is 4.60. The van der Waals surface area contributed by atoms with Crippen molar-refractivity contribution >= 4 is 17.5 Å². The van der Waals surface area contributed by atoms with Crippen LogP contribution in [0.15, 0.2) is 43.0 Å². The van der Waals surface area contributed by atoms with Gasteiger partial charge in [-0.25, -0.2) is 4.98 Å². The van der Waals surface area contributed by atoms with Gasteiger partial charge in [-0.05, 0) is 30.9 Å². The summed E-state index contributed by atoms with van der Waals surface area (Å²) in [5.41, 5.74) is 1.79. The van der Waals surface area contributed by atoms with E-state index in [4.69, 9.17) is 0 Å². The first-order chi connectivity index (χ1) is 12.2. The highest BCUT2D eigenvalue weighted by Crippen LogP contribution is 2.21. The molecule has 132 valence electrons. The van der Waals surface area contributed by atoms with Gasteiger partial charge in [0.05, 0.1) is 12.4 Å². The molecule has 1 N–H and O–H groups in total. The maximum Gasteiger partial charge on any atom is 0.313 e. The zero-order valence-electron chi connectivity index (χ0n) is 14.5. The van der Waals surface area contributed by atoms with Crippen LogP contribution in [0.5, 0.6) is 0 Å². The normalized spacial score (nSPS) is 16.8. The molecular weight excluding hydrogens is 316 g/mol. The second-order valence-electron chi connectivity index (χ2n) is 6.42. The van der Waals surface area contributed by atoms with Crippen LogP contribution in [0.2, 0.25) is 0 Å². The number of imidazole rings is 1. The predicted octanol–water partition coefficient (Wildman–Crippen LogP) is 2.47. The summed E-state index contributed by atoms with van der Waals surface area (Å²) in [6.45, 7) is 3.39. The number of hydrogen-bond acceptors (Lipinski definition) is 3. The molecule has 1 saturated heterocycles. The number of aryl methyl sites for hydroxylation is 1. The molecule has 2 heterocycles. The summed E-state index contributed by atoms with van der Waals surface area (Å²) in [4.78, 5) is 30.9. The van der Waals surface area contributed by atoms with Gasteiger partial charge in [0.15, 0.2) is 0 Å². The third-order valence-electron chi connectivity index (χ3n) is 4.60. The van der Waals surface area contributed by atoms with Crippen LogP contribution >= 0.6 is 0 Å². The Morgan fingerprint density at radius 3 is 2.92 bits per heavy atom. The van der Waals surface area contributed by atoms with E-state index in [0.29, 0.717) is 13.1 Å². The third kappa shape index (κ3) is 4.07. The minimum Gasteiger partial charge on any atom is -0.335 e. The molecule has 0 radical (unpaired) electrons. The second-order valence-corrected chi connectivity index (χ2v) is 6.42. The van der Waals surface area contributed by atoms with E-state index in [1.54, 1.807) is 17.4 Å². The van der Waals surface area contributed by atoms with E-state index in [1.165, 1.54) is 0 Å². The molecule has 1 aliphatic heterocycles. The number of hydrogen-bond donors (Lipinski definition) is 1. The van der Waals surface area contributed by atoms with Crippen LogP contribution in [0.3, 0.4) is 0 Å². The molecule has 1 aromatic carbocycles. The Labute approximate surface area is 147 Å². The van der Waals surface area contributed by atoms with Crippen LogP contribution in [0.1, 0.15) is 31.7 Å². The molecule has 0 bridgehead atoms. The predicted molar refractivity (Wildman–Crippen MR) is 96.0 cm³/mol. The van der Waals surface area contributed by atoms with Crippen molar-refractivity contribution < 1.29 is 9.59 Å². The SMILES string of the molecule is CCCc1ccccc1NC(=O)C(=O)N1CCC[C@@H]1Cn1ccnc1. The summed E-state index contributed by atoms with van der Waals surface area (Å²) in [5.74, 6) is -1.00. The van der Waals surface area contributed by atoms with E-state index < -0.39 is 11.8 Å². The van der Waals surface area contributed by atoms with Crippen molar-refractivity contribution in [1.82, 2.24) is 14.5 Å². The number of benzene rings is 1. The van der Waals surface area contributed by atoms with E-state index in [1.807, 2.05) is 35.0 Å². The van der Waals surface area contributed by atoms with E-state index in [9.17, 15) is 9.59 Å². The van der Waals surface area contributed by atoms with Gasteiger partial charge in [-0.1, -0.05) is 31.5 Å². The Balaban J connectivity index is 1.66. The van der Waals surface area contributed by atoms with Crippen molar-refractivity contribution in [3.8, 4) is 0 Å². The van der Waals surface area contributed by atoms with Crippen molar-refractivity contribution in [1.29, 1.82) is 0 Å². The average molecular weight is 340 g/mol. The molecule has 1 atom stereocenters. The Bertz CT molecular complexity index is 727. The highest BCUT2D eigenvalue weighted by atomic mass is 16.2. The number of rotatable bonds is 5. The van der Waals surface area contributed by atoms with E-state index in [-0.39, 0.29) is 6.04 Å². The van der Waals surface area contributed by atoms with Crippen molar-refractivity contribution in [3.63, 3.8) is 0 Å². The smallest absolute Gasteiger partial charge is 0.313 e. The first-order valence-electron chi connectivity index (χ1n) is 8.84. The summed E-state index contributed by atoms with van der Waals surface area (Å²) in [6, 6.07) is 7.70. The molecule has 3 rings (SSSR count). The molecule has 1 aliphatic rings.